The highest BCUT2D eigenvalue weighted by Crippen LogP contribution is 2.26. The summed E-state index contributed by atoms with van der Waals surface area (Å²) in [5, 5.41) is 5.18. The van der Waals surface area contributed by atoms with Crippen LogP contribution in [0.5, 0.6) is 11.5 Å². The van der Waals surface area contributed by atoms with Gasteiger partial charge in [0.25, 0.3) is 5.91 Å². The number of hydrogen-bond donors (Lipinski definition) is 2. The van der Waals surface area contributed by atoms with E-state index in [2.05, 4.69) is 15.5 Å². The number of alkyl carbamates (subject to hydrolysis) is 1. The smallest absolute Gasteiger partial charge is 0.407 e. The number of ether oxygens (including phenoxy) is 2. The number of hydrogen-bond acceptors (Lipinski definition) is 5. The van der Waals surface area contributed by atoms with Crippen LogP contribution in [0.3, 0.4) is 0 Å². The van der Waals surface area contributed by atoms with Gasteiger partial charge in [-0.2, -0.15) is 0 Å². The van der Waals surface area contributed by atoms with Crippen LogP contribution < -0.4 is 15.4 Å². The van der Waals surface area contributed by atoms with E-state index in [9.17, 15) is 14.0 Å². The topological polar surface area (TPSA) is 79.9 Å². The number of piperidine rings is 1. The van der Waals surface area contributed by atoms with Crippen LogP contribution in [0.1, 0.15) is 18.4 Å². The zero-order valence-electron chi connectivity index (χ0n) is 17.9. The minimum Gasteiger partial charge on any atom is -0.457 e. The molecule has 172 valence electrons. The van der Waals surface area contributed by atoms with Gasteiger partial charge in [-0.15, -0.1) is 0 Å². The van der Waals surface area contributed by atoms with Crippen molar-refractivity contribution in [3.63, 3.8) is 0 Å². The van der Waals surface area contributed by atoms with Crippen LogP contribution in [0.25, 0.3) is 0 Å². The summed E-state index contributed by atoms with van der Waals surface area (Å²) >= 11 is 5.69. The average molecular weight is 464 g/mol. The Morgan fingerprint density at radius 2 is 1.81 bits per heavy atom. The summed E-state index contributed by atoms with van der Waals surface area (Å²) in [6, 6.07) is 12.1. The number of carbonyl (C=O) groups excluding carboxylic acids is 2. The summed E-state index contributed by atoms with van der Waals surface area (Å²) in [5.74, 6) is 0.554. The average Bonchev–Trinajstić information content (AvgIpc) is 2.80. The zero-order valence-corrected chi connectivity index (χ0v) is 18.7. The van der Waals surface area contributed by atoms with Crippen LogP contribution in [0, 0.1) is 11.7 Å². The number of amides is 2. The largest absolute Gasteiger partial charge is 0.457 e. The van der Waals surface area contributed by atoms with Crippen molar-refractivity contribution in [2.24, 2.45) is 5.92 Å². The first-order chi connectivity index (χ1) is 15.4. The first-order valence-corrected chi connectivity index (χ1v) is 10.9. The third-order valence-corrected chi connectivity index (χ3v) is 5.62. The third-order valence-electron chi connectivity index (χ3n) is 5.31. The molecule has 32 heavy (non-hydrogen) atoms. The lowest BCUT2D eigenvalue weighted by atomic mass is 9.96. The molecule has 0 aromatic heterocycles. The van der Waals surface area contributed by atoms with Gasteiger partial charge in [0.2, 0.25) is 0 Å². The van der Waals surface area contributed by atoms with E-state index in [1.54, 1.807) is 6.07 Å². The van der Waals surface area contributed by atoms with Crippen molar-refractivity contribution in [2.75, 3.05) is 33.3 Å². The quantitative estimate of drug-likeness (QED) is 0.619. The summed E-state index contributed by atoms with van der Waals surface area (Å²) in [4.78, 5) is 25.1. The fraction of sp³-hybridized carbons (Fsp3) is 0.391. The number of rotatable bonds is 8. The zero-order chi connectivity index (χ0) is 22.9. The number of benzene rings is 2. The molecule has 1 heterocycles. The maximum atomic E-state index is 13.5. The Kier molecular flexibility index (Phi) is 8.70. The molecule has 2 aromatic carbocycles. The first-order valence-electron chi connectivity index (χ1n) is 10.5. The van der Waals surface area contributed by atoms with Gasteiger partial charge >= 0.3 is 6.09 Å². The van der Waals surface area contributed by atoms with E-state index < -0.39 is 11.9 Å². The second-order valence-corrected chi connectivity index (χ2v) is 8.08. The molecule has 2 aromatic rings. The second kappa shape index (κ2) is 11.7. The monoisotopic (exact) mass is 463 g/mol. The molecule has 1 saturated heterocycles. The van der Waals surface area contributed by atoms with E-state index >= 15 is 0 Å². The van der Waals surface area contributed by atoms with Crippen molar-refractivity contribution in [1.82, 2.24) is 15.5 Å². The van der Waals surface area contributed by atoms with E-state index in [1.165, 1.54) is 19.2 Å². The highest BCUT2D eigenvalue weighted by atomic mass is 35.5. The summed E-state index contributed by atoms with van der Waals surface area (Å²) < 4.78 is 24.1. The van der Waals surface area contributed by atoms with E-state index in [0.29, 0.717) is 24.0 Å². The fourth-order valence-electron chi connectivity index (χ4n) is 3.43. The number of nitrogens with zero attached hydrogens (tertiary/aromatic N) is 1. The van der Waals surface area contributed by atoms with Gasteiger partial charge in [0, 0.05) is 26.2 Å². The predicted octanol–water partition coefficient (Wildman–Crippen LogP) is 3.96. The maximum absolute atomic E-state index is 13.5. The Labute approximate surface area is 191 Å². The summed E-state index contributed by atoms with van der Waals surface area (Å²) in [5.41, 5.74) is 1.16. The van der Waals surface area contributed by atoms with Crippen molar-refractivity contribution in [1.29, 1.82) is 0 Å². The summed E-state index contributed by atoms with van der Waals surface area (Å²) in [6.45, 7) is 2.95. The van der Waals surface area contributed by atoms with Crippen LogP contribution in [-0.4, -0.2) is 50.2 Å². The van der Waals surface area contributed by atoms with E-state index in [1.807, 2.05) is 24.3 Å². The fourth-order valence-corrected chi connectivity index (χ4v) is 3.55. The molecule has 1 aliphatic rings. The standard InChI is InChI=1S/C23H27ClFN3O4/c1-26-22(29)15-31-23(30)27-13-16-8-10-28(11-9-16)14-17-2-4-18(5-3-17)32-19-6-7-20(24)21(25)12-19/h2-7,12,16H,8-11,13-15H2,1H3,(H,26,29)(H,27,30). The van der Waals surface area contributed by atoms with Gasteiger partial charge in [0.15, 0.2) is 6.61 Å². The Morgan fingerprint density at radius 1 is 1.12 bits per heavy atom. The van der Waals surface area contributed by atoms with Gasteiger partial charge in [-0.3, -0.25) is 9.69 Å². The second-order valence-electron chi connectivity index (χ2n) is 7.67. The van der Waals surface area contributed by atoms with Gasteiger partial charge in [-0.25, -0.2) is 9.18 Å². The Balaban J connectivity index is 1.38. The van der Waals surface area contributed by atoms with Crippen LogP contribution in [0.15, 0.2) is 42.5 Å². The van der Waals surface area contributed by atoms with Gasteiger partial charge in [0.1, 0.15) is 17.3 Å². The Bertz CT molecular complexity index is 918. The molecule has 2 amide bonds. The van der Waals surface area contributed by atoms with Crippen molar-refractivity contribution >= 4 is 23.6 Å². The molecule has 1 fully saturated rings. The molecule has 9 heteroatoms. The van der Waals surface area contributed by atoms with Crippen molar-refractivity contribution in [3.8, 4) is 11.5 Å². The van der Waals surface area contributed by atoms with E-state index in [4.69, 9.17) is 21.1 Å². The molecular weight excluding hydrogens is 437 g/mol. The molecule has 0 radical (unpaired) electrons. The van der Waals surface area contributed by atoms with Gasteiger partial charge in [0.05, 0.1) is 5.02 Å². The number of likely N-dealkylation sites (tertiary alicyclic amines) is 1. The SMILES string of the molecule is CNC(=O)COC(=O)NCC1CCN(Cc2ccc(Oc3ccc(Cl)c(F)c3)cc2)CC1. The minimum atomic E-state index is -0.570. The molecule has 0 bridgehead atoms. The molecule has 0 aliphatic carbocycles. The normalized spacial score (nSPS) is 14.6. The lowest BCUT2D eigenvalue weighted by Crippen LogP contribution is -2.39. The van der Waals surface area contributed by atoms with Crippen LogP contribution >= 0.6 is 11.6 Å². The summed E-state index contributed by atoms with van der Waals surface area (Å²) in [7, 11) is 1.49. The van der Waals surface area contributed by atoms with Crippen LogP contribution in [0.2, 0.25) is 5.02 Å². The maximum Gasteiger partial charge on any atom is 0.407 e. The first kappa shape index (κ1) is 23.8. The number of carbonyl (C=O) groups is 2. The molecular formula is C23H27ClFN3O4. The van der Waals surface area contributed by atoms with Crippen molar-refractivity contribution in [3.05, 3.63) is 58.9 Å². The Hall–Kier alpha value is -2.84. The predicted molar refractivity (Wildman–Crippen MR) is 119 cm³/mol. The van der Waals surface area contributed by atoms with E-state index in [-0.39, 0.29) is 17.5 Å². The molecule has 7 nitrogen and oxygen atoms in total. The molecule has 2 N–H and O–H groups in total. The molecule has 1 aliphatic heterocycles. The number of likely N-dealkylation sites (N-methyl/N-ethyl adjacent to an activating group) is 1. The third kappa shape index (κ3) is 7.39. The Morgan fingerprint density at radius 3 is 2.47 bits per heavy atom. The van der Waals surface area contributed by atoms with Crippen molar-refractivity contribution in [2.45, 2.75) is 19.4 Å². The summed E-state index contributed by atoms with van der Waals surface area (Å²) in [6.07, 6.45) is 1.37. The molecule has 0 unspecified atom stereocenters. The van der Waals surface area contributed by atoms with Gasteiger partial charge < -0.3 is 20.1 Å². The number of halogens is 2. The molecule has 0 atom stereocenters. The van der Waals surface area contributed by atoms with Gasteiger partial charge in [-0.1, -0.05) is 23.7 Å². The minimum absolute atomic E-state index is 0.0631. The lowest BCUT2D eigenvalue weighted by molar-refractivity contribution is -0.123. The highest BCUT2D eigenvalue weighted by molar-refractivity contribution is 6.30. The van der Waals surface area contributed by atoms with Crippen molar-refractivity contribution < 1.29 is 23.5 Å². The highest BCUT2D eigenvalue weighted by Gasteiger charge is 2.20. The lowest BCUT2D eigenvalue weighted by Gasteiger charge is -2.32. The van der Waals surface area contributed by atoms with Crippen LogP contribution in [0.4, 0.5) is 9.18 Å². The van der Waals surface area contributed by atoms with Gasteiger partial charge in [-0.05, 0) is 61.7 Å². The molecule has 3 rings (SSSR count). The van der Waals surface area contributed by atoms with E-state index in [0.717, 1.165) is 38.0 Å². The van der Waals surface area contributed by atoms with Crippen LogP contribution in [-0.2, 0) is 16.1 Å². The molecule has 0 spiro atoms. The number of nitrogens with one attached hydrogen (secondary N) is 2. The molecule has 0 saturated carbocycles.